The standard InChI is InChI=1S/C27H37N5O4/c1-30(14-16-36-26(28)34)17-20-18-32(23-9-5-6-15-35-23)29-24(20)19-10-12-27(13-11-19)21-7-3-4-8-22(21)31(2)25(27)33/h3-4,7-8,18-19,23H,5-6,9-17H2,1-2H3,(H2,28,34). The van der Waals surface area contributed by atoms with Crippen LogP contribution in [0.1, 0.15) is 73.9 Å². The fraction of sp³-hybridized carbons (Fsp3) is 0.593. The topological polar surface area (TPSA) is 103 Å². The van der Waals surface area contributed by atoms with E-state index in [2.05, 4.69) is 23.2 Å². The molecule has 1 aliphatic carbocycles. The number of nitrogens with two attached hydrogens (primary N) is 1. The van der Waals surface area contributed by atoms with Crippen LogP contribution in [-0.4, -0.2) is 60.5 Å². The molecule has 9 nitrogen and oxygen atoms in total. The third kappa shape index (κ3) is 4.62. The molecular weight excluding hydrogens is 458 g/mol. The van der Waals surface area contributed by atoms with Crippen LogP contribution in [0.5, 0.6) is 0 Å². The molecule has 0 bridgehead atoms. The van der Waals surface area contributed by atoms with Gasteiger partial charge in [0, 0.05) is 50.1 Å². The monoisotopic (exact) mass is 495 g/mol. The zero-order valence-corrected chi connectivity index (χ0v) is 21.3. The number of likely N-dealkylation sites (N-methyl/N-ethyl adjacent to an activating group) is 2. The first-order valence-electron chi connectivity index (χ1n) is 13.1. The van der Waals surface area contributed by atoms with E-state index in [9.17, 15) is 9.59 Å². The quantitative estimate of drug-likeness (QED) is 0.629. The first kappa shape index (κ1) is 24.8. The molecule has 1 unspecified atom stereocenters. The Balaban J connectivity index is 1.35. The van der Waals surface area contributed by atoms with Gasteiger partial charge in [0.15, 0.2) is 0 Å². The number of carbonyl (C=O) groups excluding carboxylic acids is 2. The van der Waals surface area contributed by atoms with E-state index in [0.717, 1.165) is 62.9 Å². The van der Waals surface area contributed by atoms with Crippen molar-refractivity contribution >= 4 is 17.7 Å². The van der Waals surface area contributed by atoms with Crippen LogP contribution in [-0.2, 0) is 26.2 Å². The van der Waals surface area contributed by atoms with Crippen LogP contribution < -0.4 is 10.6 Å². The fourth-order valence-corrected chi connectivity index (χ4v) is 6.24. The molecule has 2 amide bonds. The van der Waals surface area contributed by atoms with Crippen LogP contribution in [0, 0.1) is 0 Å². The zero-order chi connectivity index (χ0) is 25.3. The van der Waals surface area contributed by atoms with Crippen molar-refractivity contribution in [1.82, 2.24) is 14.7 Å². The van der Waals surface area contributed by atoms with Crippen LogP contribution in [0.15, 0.2) is 30.5 Å². The lowest BCUT2D eigenvalue weighted by Crippen LogP contribution is -2.41. The summed E-state index contributed by atoms with van der Waals surface area (Å²) in [4.78, 5) is 28.3. The molecule has 0 radical (unpaired) electrons. The van der Waals surface area contributed by atoms with Gasteiger partial charge in [-0.2, -0.15) is 5.10 Å². The Kier molecular flexibility index (Phi) is 7.03. The number of benzene rings is 1. The summed E-state index contributed by atoms with van der Waals surface area (Å²) < 4.78 is 12.9. The van der Waals surface area contributed by atoms with Gasteiger partial charge in [-0.3, -0.25) is 9.69 Å². The largest absolute Gasteiger partial charge is 0.448 e. The molecule has 2 aliphatic heterocycles. The molecule has 3 aliphatic rings. The summed E-state index contributed by atoms with van der Waals surface area (Å²) >= 11 is 0. The first-order chi connectivity index (χ1) is 17.4. The highest BCUT2D eigenvalue weighted by molar-refractivity contribution is 6.07. The van der Waals surface area contributed by atoms with Crippen molar-refractivity contribution in [2.24, 2.45) is 5.73 Å². The molecule has 2 fully saturated rings. The molecule has 2 N–H and O–H groups in total. The SMILES string of the molecule is CN(CCOC(N)=O)Cc1cn(C2CCCCO2)nc1C1CCC2(CC1)C(=O)N(C)c1ccccc12. The number of nitrogens with zero attached hydrogens (tertiary/aromatic N) is 4. The fourth-order valence-electron chi connectivity index (χ4n) is 6.24. The van der Waals surface area contributed by atoms with Gasteiger partial charge in [-0.15, -0.1) is 0 Å². The van der Waals surface area contributed by atoms with E-state index >= 15 is 0 Å². The average Bonchev–Trinajstić information content (AvgIpc) is 3.39. The van der Waals surface area contributed by atoms with Crippen molar-refractivity contribution in [3.05, 3.63) is 47.3 Å². The van der Waals surface area contributed by atoms with E-state index in [1.807, 2.05) is 35.8 Å². The molecular formula is C27H37N5O4. The summed E-state index contributed by atoms with van der Waals surface area (Å²) in [7, 11) is 3.89. The highest BCUT2D eigenvalue weighted by atomic mass is 16.5. The van der Waals surface area contributed by atoms with Crippen molar-refractivity contribution in [2.45, 2.75) is 69.1 Å². The van der Waals surface area contributed by atoms with Gasteiger partial charge >= 0.3 is 6.09 Å². The highest BCUT2D eigenvalue weighted by Gasteiger charge is 2.51. The van der Waals surface area contributed by atoms with Gasteiger partial charge in [-0.25, -0.2) is 9.48 Å². The van der Waals surface area contributed by atoms with Gasteiger partial charge in [0.2, 0.25) is 5.91 Å². The van der Waals surface area contributed by atoms with Crippen molar-refractivity contribution in [3.8, 4) is 0 Å². The maximum Gasteiger partial charge on any atom is 0.404 e. The Morgan fingerprint density at radius 2 is 2.03 bits per heavy atom. The Morgan fingerprint density at radius 1 is 1.25 bits per heavy atom. The Hall–Kier alpha value is -2.91. The van der Waals surface area contributed by atoms with E-state index in [1.165, 1.54) is 11.1 Å². The number of carbonyl (C=O) groups is 2. The van der Waals surface area contributed by atoms with Crippen molar-refractivity contribution in [3.63, 3.8) is 0 Å². The van der Waals surface area contributed by atoms with Crippen molar-refractivity contribution in [2.75, 3.05) is 38.8 Å². The van der Waals surface area contributed by atoms with E-state index in [0.29, 0.717) is 13.1 Å². The number of anilines is 1. The third-order valence-corrected chi connectivity index (χ3v) is 8.17. The van der Waals surface area contributed by atoms with E-state index < -0.39 is 11.5 Å². The minimum Gasteiger partial charge on any atom is -0.448 e. The second-order valence-electron chi connectivity index (χ2n) is 10.5. The van der Waals surface area contributed by atoms with E-state index in [1.54, 1.807) is 0 Å². The van der Waals surface area contributed by atoms with Gasteiger partial charge in [0.1, 0.15) is 12.8 Å². The summed E-state index contributed by atoms with van der Waals surface area (Å²) in [6, 6.07) is 8.22. The summed E-state index contributed by atoms with van der Waals surface area (Å²) in [5, 5.41) is 5.08. The first-order valence-corrected chi connectivity index (χ1v) is 13.1. The summed E-state index contributed by atoms with van der Waals surface area (Å²) in [5.41, 5.74) is 9.17. The smallest absolute Gasteiger partial charge is 0.404 e. The number of fused-ring (bicyclic) bond motifs is 2. The van der Waals surface area contributed by atoms with E-state index in [4.69, 9.17) is 20.3 Å². The van der Waals surface area contributed by atoms with E-state index in [-0.39, 0.29) is 24.7 Å². The predicted molar refractivity (Wildman–Crippen MR) is 136 cm³/mol. The Morgan fingerprint density at radius 3 is 2.75 bits per heavy atom. The number of hydrogen-bond acceptors (Lipinski definition) is 6. The lowest BCUT2D eigenvalue weighted by molar-refractivity contribution is -0.124. The van der Waals surface area contributed by atoms with Crippen LogP contribution in [0.2, 0.25) is 0 Å². The van der Waals surface area contributed by atoms with Crippen LogP contribution >= 0.6 is 0 Å². The lowest BCUT2D eigenvalue weighted by Gasteiger charge is -2.36. The number of amides is 2. The Bertz CT molecular complexity index is 1100. The average molecular weight is 496 g/mol. The Labute approximate surface area is 212 Å². The molecule has 36 heavy (non-hydrogen) atoms. The van der Waals surface area contributed by atoms with Gasteiger partial charge in [-0.05, 0) is 63.6 Å². The minimum absolute atomic E-state index is 0.0263. The molecule has 1 saturated carbocycles. The third-order valence-electron chi connectivity index (χ3n) is 8.17. The summed E-state index contributed by atoms with van der Waals surface area (Å²) in [5.74, 6) is 0.509. The van der Waals surface area contributed by atoms with Gasteiger partial charge in [0.25, 0.3) is 0 Å². The normalized spacial score (nSPS) is 26.0. The molecule has 1 aromatic carbocycles. The van der Waals surface area contributed by atoms with Crippen molar-refractivity contribution in [1.29, 1.82) is 0 Å². The van der Waals surface area contributed by atoms with Gasteiger partial charge < -0.3 is 20.1 Å². The highest BCUT2D eigenvalue weighted by Crippen LogP contribution is 2.52. The van der Waals surface area contributed by atoms with Crippen LogP contribution in [0.25, 0.3) is 0 Å². The maximum atomic E-state index is 13.4. The zero-order valence-electron chi connectivity index (χ0n) is 21.3. The van der Waals surface area contributed by atoms with Crippen molar-refractivity contribution < 1.29 is 19.1 Å². The molecule has 1 atom stereocenters. The molecule has 9 heteroatoms. The van der Waals surface area contributed by atoms with Crippen LogP contribution in [0.4, 0.5) is 10.5 Å². The summed E-state index contributed by atoms with van der Waals surface area (Å²) in [6.07, 6.45) is 8.03. The molecule has 1 spiro atoms. The second kappa shape index (κ2) is 10.2. The second-order valence-corrected chi connectivity index (χ2v) is 10.5. The molecule has 3 heterocycles. The number of primary amides is 1. The number of ether oxygens (including phenoxy) is 2. The summed E-state index contributed by atoms with van der Waals surface area (Å²) in [6.45, 7) is 2.29. The lowest BCUT2D eigenvalue weighted by atomic mass is 9.66. The molecule has 194 valence electrons. The molecule has 2 aromatic rings. The number of aromatic nitrogens is 2. The minimum atomic E-state index is -0.754. The molecule has 5 rings (SSSR count). The van der Waals surface area contributed by atoms with Gasteiger partial charge in [-0.1, -0.05) is 18.2 Å². The number of hydrogen-bond donors (Lipinski definition) is 1. The van der Waals surface area contributed by atoms with Gasteiger partial charge in [0.05, 0.1) is 11.1 Å². The van der Waals surface area contributed by atoms with Crippen LogP contribution in [0.3, 0.4) is 0 Å². The molecule has 1 saturated heterocycles. The number of rotatable bonds is 7. The maximum absolute atomic E-state index is 13.4. The molecule has 1 aromatic heterocycles. The predicted octanol–water partition coefficient (Wildman–Crippen LogP) is 3.68. The number of para-hydroxylation sites is 1.